The molecule has 3 heterocycles. The summed E-state index contributed by atoms with van der Waals surface area (Å²) in [5, 5.41) is -0.473. The van der Waals surface area contributed by atoms with Crippen molar-refractivity contribution in [3.8, 4) is 0 Å². The van der Waals surface area contributed by atoms with E-state index in [0.29, 0.717) is 19.5 Å². The first kappa shape index (κ1) is 16.2. The molecule has 0 saturated carbocycles. The lowest BCUT2D eigenvalue weighted by Crippen LogP contribution is -2.71. The van der Waals surface area contributed by atoms with Gasteiger partial charge in [0.2, 0.25) is 0 Å². The van der Waals surface area contributed by atoms with E-state index in [1.807, 2.05) is 30.3 Å². The Bertz CT molecular complexity index is 649. The third-order valence-electron chi connectivity index (χ3n) is 4.00. The summed E-state index contributed by atoms with van der Waals surface area (Å²) in [7, 11) is 2.94. The number of amides is 2. The first-order valence-electron chi connectivity index (χ1n) is 7.37. The van der Waals surface area contributed by atoms with Gasteiger partial charge in [-0.15, -0.1) is 13.2 Å². The van der Waals surface area contributed by atoms with E-state index in [0.717, 1.165) is 5.56 Å². The lowest BCUT2D eigenvalue weighted by Gasteiger charge is -2.55. The van der Waals surface area contributed by atoms with Crippen LogP contribution in [0.4, 0.5) is 0 Å². The zero-order valence-corrected chi connectivity index (χ0v) is 14.3. The molecular formula is C17H18N2O2S2. The average molecular weight is 346 g/mol. The average Bonchev–Trinajstić information content (AvgIpc) is 2.56. The molecule has 0 N–H and O–H groups in total. The first-order chi connectivity index (χ1) is 11.1. The number of piperazine rings is 1. The molecule has 2 bridgehead atoms. The van der Waals surface area contributed by atoms with Crippen LogP contribution in [0.15, 0.2) is 55.6 Å². The Labute approximate surface area is 144 Å². The van der Waals surface area contributed by atoms with Gasteiger partial charge in [-0.25, -0.2) is 0 Å². The summed E-state index contributed by atoms with van der Waals surface area (Å²) in [5.41, 5.74) is 1.02. The highest BCUT2D eigenvalue weighted by atomic mass is 33.1. The molecule has 1 aromatic carbocycles. The molecule has 1 aromatic rings. The van der Waals surface area contributed by atoms with Gasteiger partial charge >= 0.3 is 0 Å². The van der Waals surface area contributed by atoms with Crippen molar-refractivity contribution < 1.29 is 9.59 Å². The molecule has 2 amide bonds. The predicted molar refractivity (Wildman–Crippen MR) is 95.4 cm³/mol. The van der Waals surface area contributed by atoms with Crippen LogP contribution >= 0.6 is 21.6 Å². The number of nitrogens with zero attached hydrogens (tertiary/aromatic N) is 2. The Balaban J connectivity index is 1.96. The van der Waals surface area contributed by atoms with Gasteiger partial charge in [0.1, 0.15) is 0 Å². The van der Waals surface area contributed by atoms with E-state index in [2.05, 4.69) is 13.2 Å². The highest BCUT2D eigenvalue weighted by Gasteiger charge is 2.61. The smallest absolute Gasteiger partial charge is 0.261 e. The van der Waals surface area contributed by atoms with Gasteiger partial charge in [-0.05, 0) is 5.56 Å². The molecule has 3 saturated heterocycles. The van der Waals surface area contributed by atoms with Gasteiger partial charge in [0.05, 0.1) is 0 Å². The number of rotatable bonds is 6. The number of hydrogen-bond donors (Lipinski definition) is 0. The number of fused-ring (bicyclic) bond motifs is 3. The summed E-state index contributed by atoms with van der Waals surface area (Å²) in [6, 6.07) is 9.76. The van der Waals surface area contributed by atoms with E-state index in [9.17, 15) is 9.59 Å². The molecule has 120 valence electrons. The molecule has 23 heavy (non-hydrogen) atoms. The number of carbonyl (C=O) groups is 2. The second-order valence-electron chi connectivity index (χ2n) is 5.47. The van der Waals surface area contributed by atoms with Crippen molar-refractivity contribution in [2.24, 2.45) is 0 Å². The second kappa shape index (κ2) is 6.45. The normalized spacial score (nSPS) is 26.5. The van der Waals surface area contributed by atoms with Gasteiger partial charge in [0.25, 0.3) is 11.8 Å². The SMILES string of the molecule is C=CCN1C(=O)[C@@H]2SS[C@@]1(CC=C)C(=O)N2Cc1ccccc1. The van der Waals surface area contributed by atoms with Gasteiger partial charge in [-0.2, -0.15) is 0 Å². The van der Waals surface area contributed by atoms with Gasteiger partial charge in [-0.3, -0.25) is 9.59 Å². The molecule has 6 heteroatoms. The van der Waals surface area contributed by atoms with E-state index in [4.69, 9.17) is 0 Å². The Kier molecular flexibility index (Phi) is 4.55. The van der Waals surface area contributed by atoms with E-state index in [1.165, 1.54) is 21.6 Å². The summed E-state index contributed by atoms with van der Waals surface area (Å²) >= 11 is 0. The van der Waals surface area contributed by atoms with Crippen LogP contribution in [0.25, 0.3) is 0 Å². The zero-order valence-electron chi connectivity index (χ0n) is 12.7. The molecule has 3 fully saturated rings. The fourth-order valence-corrected chi connectivity index (χ4v) is 6.28. The van der Waals surface area contributed by atoms with Crippen LogP contribution in [0.1, 0.15) is 12.0 Å². The fourth-order valence-electron chi connectivity index (χ4n) is 2.92. The van der Waals surface area contributed by atoms with Crippen molar-refractivity contribution in [1.82, 2.24) is 9.80 Å². The third-order valence-corrected chi connectivity index (χ3v) is 7.23. The Morgan fingerprint density at radius 1 is 1.17 bits per heavy atom. The zero-order chi connectivity index (χ0) is 16.4. The highest BCUT2D eigenvalue weighted by molar-refractivity contribution is 8.78. The predicted octanol–water partition coefficient (Wildman–Crippen LogP) is 3.04. The molecule has 4 rings (SSSR count). The van der Waals surface area contributed by atoms with Crippen LogP contribution in [0.3, 0.4) is 0 Å². The summed E-state index contributed by atoms with van der Waals surface area (Å²) in [5.74, 6) is -0.0394. The monoisotopic (exact) mass is 346 g/mol. The molecular weight excluding hydrogens is 328 g/mol. The highest BCUT2D eigenvalue weighted by Crippen LogP contribution is 2.55. The molecule has 0 unspecified atom stereocenters. The van der Waals surface area contributed by atoms with Crippen LogP contribution < -0.4 is 0 Å². The molecule has 3 aliphatic rings. The summed E-state index contributed by atoms with van der Waals surface area (Å²) in [6.07, 6.45) is 3.81. The lowest BCUT2D eigenvalue weighted by molar-refractivity contribution is -0.160. The Morgan fingerprint density at radius 2 is 1.91 bits per heavy atom. The van der Waals surface area contributed by atoms with Crippen molar-refractivity contribution in [3.63, 3.8) is 0 Å². The van der Waals surface area contributed by atoms with Crippen LogP contribution in [-0.4, -0.2) is 38.4 Å². The topological polar surface area (TPSA) is 40.6 Å². The minimum atomic E-state index is -0.902. The molecule has 0 spiro atoms. The molecule has 3 aliphatic heterocycles. The molecule has 2 atom stereocenters. The fraction of sp³-hybridized carbons (Fsp3) is 0.294. The summed E-state index contributed by atoms with van der Waals surface area (Å²) in [6.45, 7) is 8.31. The van der Waals surface area contributed by atoms with Gasteiger partial charge in [0.15, 0.2) is 10.2 Å². The third kappa shape index (κ3) is 2.60. The molecule has 0 radical (unpaired) electrons. The Morgan fingerprint density at radius 3 is 2.57 bits per heavy atom. The molecule has 4 nitrogen and oxygen atoms in total. The van der Waals surface area contributed by atoms with E-state index < -0.39 is 10.2 Å². The summed E-state index contributed by atoms with van der Waals surface area (Å²) in [4.78, 5) is 28.4. The van der Waals surface area contributed by atoms with E-state index in [-0.39, 0.29) is 11.8 Å². The van der Waals surface area contributed by atoms with E-state index >= 15 is 0 Å². The standard InChI is InChI=1S/C17H18N2O2S2/c1-3-10-17-16(21)18(12-13-8-6-5-7-9-13)15(22-23-17)14(20)19(17)11-4-2/h3-9,15H,1-2,10-12H2/t15-,17-/m0/s1. The second-order valence-corrected chi connectivity index (χ2v) is 8.02. The maximum Gasteiger partial charge on any atom is 0.261 e. The van der Waals surface area contributed by atoms with Crippen molar-refractivity contribution in [1.29, 1.82) is 0 Å². The quantitative estimate of drug-likeness (QED) is 0.586. The van der Waals surface area contributed by atoms with Crippen molar-refractivity contribution in [3.05, 3.63) is 61.2 Å². The maximum absolute atomic E-state index is 13.1. The van der Waals surface area contributed by atoms with Gasteiger partial charge in [0, 0.05) is 19.5 Å². The molecule has 0 aliphatic carbocycles. The number of carbonyl (C=O) groups excluding carboxylic acids is 2. The Hall–Kier alpha value is -1.66. The first-order valence-corrected chi connectivity index (χ1v) is 9.58. The molecule has 0 aromatic heterocycles. The van der Waals surface area contributed by atoms with Crippen LogP contribution in [0.5, 0.6) is 0 Å². The number of hydrogen-bond acceptors (Lipinski definition) is 4. The van der Waals surface area contributed by atoms with Crippen molar-refractivity contribution in [2.75, 3.05) is 6.54 Å². The maximum atomic E-state index is 13.1. The van der Waals surface area contributed by atoms with Crippen molar-refractivity contribution >= 4 is 33.4 Å². The van der Waals surface area contributed by atoms with E-state index in [1.54, 1.807) is 22.0 Å². The summed E-state index contributed by atoms with van der Waals surface area (Å²) < 4.78 is 0. The van der Waals surface area contributed by atoms with Gasteiger partial charge in [-0.1, -0.05) is 64.1 Å². The lowest BCUT2D eigenvalue weighted by atomic mass is 10.0. The van der Waals surface area contributed by atoms with Crippen molar-refractivity contribution in [2.45, 2.75) is 23.2 Å². The largest absolute Gasteiger partial charge is 0.314 e. The van der Waals surface area contributed by atoms with Gasteiger partial charge < -0.3 is 9.80 Å². The van der Waals surface area contributed by atoms with Crippen LogP contribution in [-0.2, 0) is 16.1 Å². The minimum absolute atomic E-state index is 0.0172. The number of benzene rings is 1. The minimum Gasteiger partial charge on any atom is -0.314 e. The van der Waals surface area contributed by atoms with Crippen LogP contribution in [0, 0.1) is 0 Å². The van der Waals surface area contributed by atoms with Crippen LogP contribution in [0.2, 0.25) is 0 Å².